The van der Waals surface area contributed by atoms with E-state index in [0.29, 0.717) is 0 Å². The molecule has 0 saturated heterocycles. The van der Waals surface area contributed by atoms with E-state index in [9.17, 15) is 0 Å². The first kappa shape index (κ1) is 35.7. The van der Waals surface area contributed by atoms with E-state index >= 15 is 0 Å². The number of benzene rings is 10. The molecule has 0 saturated carbocycles. The molecule has 1 heteroatoms. The Labute approximate surface area is 346 Å². The van der Waals surface area contributed by atoms with Crippen LogP contribution in [0, 0.1) is 0 Å². The van der Waals surface area contributed by atoms with Gasteiger partial charge < -0.3 is 4.90 Å². The number of nitrogens with zero attached hydrogens (tertiary/aromatic N) is 1. The van der Waals surface area contributed by atoms with Gasteiger partial charge in [0.25, 0.3) is 0 Å². The Hall–Kier alpha value is -7.74. The molecule has 0 amide bonds. The van der Waals surface area contributed by atoms with Gasteiger partial charge in [-0.2, -0.15) is 0 Å². The van der Waals surface area contributed by atoms with Gasteiger partial charge in [-0.05, 0) is 114 Å². The van der Waals surface area contributed by atoms with Crippen LogP contribution in [0.3, 0.4) is 0 Å². The minimum Gasteiger partial charge on any atom is -0.310 e. The molecule has 59 heavy (non-hydrogen) atoms. The molecule has 10 aromatic rings. The van der Waals surface area contributed by atoms with Crippen molar-refractivity contribution in [3.8, 4) is 66.8 Å². The summed E-state index contributed by atoms with van der Waals surface area (Å²) in [5, 5.41) is 2.52. The lowest BCUT2D eigenvalue weighted by molar-refractivity contribution is 1.28. The Morgan fingerprint density at radius 3 is 1.34 bits per heavy atom. The molecule has 10 rings (SSSR count). The first-order valence-electron chi connectivity index (χ1n) is 20.2. The Balaban J connectivity index is 0.997. The van der Waals surface area contributed by atoms with E-state index in [0.717, 1.165) is 17.1 Å². The minimum atomic E-state index is 1.09. The summed E-state index contributed by atoms with van der Waals surface area (Å²) in [6, 6.07) is 89.8. The highest BCUT2D eigenvalue weighted by molar-refractivity contribution is 5.92. The number of rotatable bonds is 9. The summed E-state index contributed by atoms with van der Waals surface area (Å²) in [6.07, 6.45) is 0. The molecule has 10 aromatic carbocycles. The molecule has 0 bridgehead atoms. The molecule has 0 aliphatic rings. The first-order chi connectivity index (χ1) is 29.2. The summed E-state index contributed by atoms with van der Waals surface area (Å²) in [4.78, 5) is 2.40. The maximum atomic E-state index is 2.40. The van der Waals surface area contributed by atoms with Crippen molar-refractivity contribution in [3.63, 3.8) is 0 Å². The zero-order valence-corrected chi connectivity index (χ0v) is 32.6. The summed E-state index contributed by atoms with van der Waals surface area (Å²) < 4.78 is 0. The highest BCUT2D eigenvalue weighted by Crippen LogP contribution is 2.43. The molecule has 0 atom stereocenters. The van der Waals surface area contributed by atoms with Crippen LogP contribution in [0.4, 0.5) is 17.1 Å². The number of para-hydroxylation sites is 1. The van der Waals surface area contributed by atoms with Crippen LogP contribution >= 0.6 is 0 Å². The molecule has 0 radical (unpaired) electrons. The van der Waals surface area contributed by atoms with E-state index in [1.165, 1.54) is 77.5 Å². The van der Waals surface area contributed by atoms with Gasteiger partial charge in [0, 0.05) is 16.9 Å². The highest BCUT2D eigenvalue weighted by atomic mass is 15.1. The van der Waals surface area contributed by atoms with Gasteiger partial charge in [0.2, 0.25) is 0 Å². The fourth-order valence-electron chi connectivity index (χ4n) is 8.28. The van der Waals surface area contributed by atoms with Crippen LogP contribution in [-0.4, -0.2) is 0 Å². The van der Waals surface area contributed by atoms with Crippen LogP contribution in [0.5, 0.6) is 0 Å². The molecule has 0 spiro atoms. The maximum absolute atomic E-state index is 2.40. The van der Waals surface area contributed by atoms with E-state index in [1.54, 1.807) is 0 Å². The number of anilines is 3. The summed E-state index contributed by atoms with van der Waals surface area (Å²) in [5.74, 6) is 0. The van der Waals surface area contributed by atoms with E-state index in [-0.39, 0.29) is 0 Å². The molecular weight excluding hydrogens is 711 g/mol. The average molecular weight is 752 g/mol. The van der Waals surface area contributed by atoms with Crippen molar-refractivity contribution in [2.24, 2.45) is 0 Å². The van der Waals surface area contributed by atoms with Crippen LogP contribution in [0.25, 0.3) is 77.5 Å². The van der Waals surface area contributed by atoms with Crippen LogP contribution in [0.1, 0.15) is 0 Å². The van der Waals surface area contributed by atoms with Crippen LogP contribution < -0.4 is 4.90 Å². The Morgan fingerprint density at radius 1 is 0.203 bits per heavy atom. The largest absolute Gasteiger partial charge is 0.310 e. The smallest absolute Gasteiger partial charge is 0.0540 e. The molecule has 0 unspecified atom stereocenters. The second-order valence-corrected chi connectivity index (χ2v) is 14.9. The van der Waals surface area contributed by atoms with Crippen molar-refractivity contribution in [1.82, 2.24) is 0 Å². The van der Waals surface area contributed by atoms with E-state index in [2.05, 4.69) is 254 Å². The highest BCUT2D eigenvalue weighted by Gasteiger charge is 2.18. The SMILES string of the molecule is c1ccc(-c2ccccc2-c2cccc(N(c3ccc(-c4ccc(-c5cccc(-c6ccc7ccccc7c6)c5)cc4)cc3)c3ccccc3-c3ccccc3)c2)cc1. The summed E-state index contributed by atoms with van der Waals surface area (Å²) in [6.45, 7) is 0. The average Bonchev–Trinajstić information content (AvgIpc) is 3.33. The summed E-state index contributed by atoms with van der Waals surface area (Å²) in [7, 11) is 0. The molecule has 0 fully saturated rings. The third kappa shape index (κ3) is 7.34. The first-order valence-corrected chi connectivity index (χ1v) is 20.2. The zero-order chi connectivity index (χ0) is 39.4. The maximum Gasteiger partial charge on any atom is 0.0540 e. The van der Waals surface area contributed by atoms with E-state index < -0.39 is 0 Å². The van der Waals surface area contributed by atoms with Gasteiger partial charge in [0.1, 0.15) is 0 Å². The van der Waals surface area contributed by atoms with Gasteiger partial charge in [-0.1, -0.05) is 206 Å². The third-order valence-corrected chi connectivity index (χ3v) is 11.3. The second kappa shape index (κ2) is 16.0. The monoisotopic (exact) mass is 751 g/mol. The van der Waals surface area contributed by atoms with Gasteiger partial charge in [-0.15, -0.1) is 0 Å². The predicted octanol–water partition coefficient (Wildman–Crippen LogP) is 16.3. The van der Waals surface area contributed by atoms with Gasteiger partial charge in [0.05, 0.1) is 5.69 Å². The Kier molecular flexibility index (Phi) is 9.68. The van der Waals surface area contributed by atoms with Crippen molar-refractivity contribution in [2.75, 3.05) is 4.90 Å². The van der Waals surface area contributed by atoms with E-state index in [1.807, 2.05) is 0 Å². The zero-order valence-electron chi connectivity index (χ0n) is 32.6. The second-order valence-electron chi connectivity index (χ2n) is 14.9. The van der Waals surface area contributed by atoms with E-state index in [4.69, 9.17) is 0 Å². The van der Waals surface area contributed by atoms with Gasteiger partial charge in [-0.25, -0.2) is 0 Å². The van der Waals surface area contributed by atoms with Gasteiger partial charge >= 0.3 is 0 Å². The van der Waals surface area contributed by atoms with Crippen molar-refractivity contribution in [1.29, 1.82) is 0 Å². The van der Waals surface area contributed by atoms with Crippen molar-refractivity contribution in [2.45, 2.75) is 0 Å². The standard InChI is InChI=1S/C58H41N/c1-3-16-46(17-4-1)55-25-9-10-26-56(55)52-23-14-24-54(41-52)59(58-28-12-11-27-57(58)47-18-5-2-6-19-47)53-37-35-44(36-38-53)43-29-31-45(32-30-43)49-21-13-22-50(39-49)51-34-33-42-15-7-8-20-48(42)40-51/h1-41H. The summed E-state index contributed by atoms with van der Waals surface area (Å²) >= 11 is 0. The van der Waals surface area contributed by atoms with Crippen LogP contribution in [-0.2, 0) is 0 Å². The normalized spacial score (nSPS) is 11.1. The molecule has 0 heterocycles. The lowest BCUT2D eigenvalue weighted by Gasteiger charge is -2.28. The molecule has 0 aliphatic carbocycles. The molecule has 0 aliphatic heterocycles. The van der Waals surface area contributed by atoms with Gasteiger partial charge in [-0.3, -0.25) is 0 Å². The number of hydrogen-bond acceptors (Lipinski definition) is 1. The fraction of sp³-hybridized carbons (Fsp3) is 0. The predicted molar refractivity (Wildman–Crippen MR) is 251 cm³/mol. The topological polar surface area (TPSA) is 3.24 Å². The number of hydrogen-bond donors (Lipinski definition) is 0. The molecule has 278 valence electrons. The third-order valence-electron chi connectivity index (χ3n) is 11.3. The Morgan fingerprint density at radius 2 is 0.644 bits per heavy atom. The lowest BCUT2D eigenvalue weighted by atomic mass is 9.94. The molecule has 0 N–H and O–H groups in total. The quantitative estimate of drug-likeness (QED) is 0.142. The Bertz CT molecular complexity index is 3020. The lowest BCUT2D eigenvalue weighted by Crippen LogP contribution is -2.11. The molecular formula is C58H41N. The van der Waals surface area contributed by atoms with Crippen LogP contribution in [0.15, 0.2) is 249 Å². The van der Waals surface area contributed by atoms with Crippen LogP contribution in [0.2, 0.25) is 0 Å². The molecule has 1 nitrogen and oxygen atoms in total. The fourth-order valence-corrected chi connectivity index (χ4v) is 8.28. The molecule has 0 aromatic heterocycles. The van der Waals surface area contributed by atoms with Crippen molar-refractivity contribution < 1.29 is 0 Å². The number of fused-ring (bicyclic) bond motifs is 1. The minimum absolute atomic E-state index is 1.09. The van der Waals surface area contributed by atoms with Crippen molar-refractivity contribution in [3.05, 3.63) is 249 Å². The summed E-state index contributed by atoms with van der Waals surface area (Å²) in [5.41, 5.74) is 17.7. The van der Waals surface area contributed by atoms with Gasteiger partial charge in [0.15, 0.2) is 0 Å². The van der Waals surface area contributed by atoms with Crippen molar-refractivity contribution >= 4 is 27.8 Å².